The molecule has 1 aliphatic heterocycles. The molecule has 7 heteroatoms. The minimum absolute atomic E-state index is 0.0905. The molecule has 1 saturated heterocycles. The minimum atomic E-state index is -0.378. The lowest BCUT2D eigenvalue weighted by atomic mass is 9.94. The molecule has 2 aromatic heterocycles. The number of carbonyl (C=O) groups is 1. The lowest BCUT2D eigenvalue weighted by Crippen LogP contribution is -2.38. The molecular formula is C23H23FN4O2. The Labute approximate surface area is 174 Å². The van der Waals surface area contributed by atoms with Crippen LogP contribution in [-0.4, -0.2) is 38.8 Å². The number of ether oxygens (including phenoxy) is 1. The Morgan fingerprint density at radius 1 is 1.20 bits per heavy atom. The van der Waals surface area contributed by atoms with Gasteiger partial charge in [-0.15, -0.1) is 0 Å². The zero-order valence-corrected chi connectivity index (χ0v) is 16.8. The second kappa shape index (κ2) is 8.98. The van der Waals surface area contributed by atoms with Crippen LogP contribution in [0.25, 0.3) is 11.4 Å². The van der Waals surface area contributed by atoms with Gasteiger partial charge in [-0.05, 0) is 37.1 Å². The van der Waals surface area contributed by atoms with Gasteiger partial charge in [0.15, 0.2) is 5.82 Å². The van der Waals surface area contributed by atoms with Gasteiger partial charge in [-0.3, -0.25) is 9.78 Å². The van der Waals surface area contributed by atoms with E-state index in [0.29, 0.717) is 30.4 Å². The van der Waals surface area contributed by atoms with Crippen LogP contribution in [0.2, 0.25) is 0 Å². The van der Waals surface area contributed by atoms with Crippen LogP contribution in [0.3, 0.4) is 0 Å². The number of amides is 1. The molecule has 1 fully saturated rings. The Kier molecular flexibility index (Phi) is 5.97. The predicted molar refractivity (Wildman–Crippen MR) is 111 cm³/mol. The van der Waals surface area contributed by atoms with E-state index in [4.69, 9.17) is 9.72 Å². The zero-order valence-electron chi connectivity index (χ0n) is 16.8. The molecule has 1 amide bonds. The molecule has 1 aliphatic rings. The summed E-state index contributed by atoms with van der Waals surface area (Å²) in [7, 11) is 0. The van der Waals surface area contributed by atoms with Crippen molar-refractivity contribution >= 4 is 5.91 Å². The maximum Gasteiger partial charge on any atom is 0.223 e. The number of carbonyl (C=O) groups excluding carboxylic acids is 1. The number of rotatable bonds is 5. The van der Waals surface area contributed by atoms with Crippen molar-refractivity contribution in [3.8, 4) is 23.0 Å². The summed E-state index contributed by atoms with van der Waals surface area (Å²) in [5.41, 5.74) is 1.63. The maximum atomic E-state index is 13.6. The summed E-state index contributed by atoms with van der Waals surface area (Å²) in [6.45, 7) is 3.28. The van der Waals surface area contributed by atoms with Gasteiger partial charge in [-0.1, -0.05) is 13.0 Å². The Balaban J connectivity index is 1.69. The third-order valence-electron chi connectivity index (χ3n) is 5.17. The molecule has 0 radical (unpaired) electrons. The fourth-order valence-corrected chi connectivity index (χ4v) is 3.65. The first-order valence-corrected chi connectivity index (χ1v) is 10.1. The standard InChI is InChI=1S/C23H23FN4O2/c1-2-22(29)28-12-4-5-17(15-28)20-14-21(30-19-7-3-6-18(24)13-19)27-23(26-20)16-8-10-25-11-9-16/h3,6-11,13-14,17H,2,4-5,12,15H2,1H3/t17-/m1/s1. The Bertz CT molecular complexity index is 1030. The van der Waals surface area contributed by atoms with E-state index in [1.807, 2.05) is 24.0 Å². The topological polar surface area (TPSA) is 68.2 Å². The molecule has 3 heterocycles. The highest BCUT2D eigenvalue weighted by Gasteiger charge is 2.26. The average Bonchev–Trinajstić information content (AvgIpc) is 2.79. The largest absolute Gasteiger partial charge is 0.439 e. The first-order valence-electron chi connectivity index (χ1n) is 10.1. The van der Waals surface area contributed by atoms with Gasteiger partial charge < -0.3 is 9.64 Å². The summed E-state index contributed by atoms with van der Waals surface area (Å²) in [4.78, 5) is 27.5. The van der Waals surface area contributed by atoms with E-state index in [-0.39, 0.29) is 17.6 Å². The van der Waals surface area contributed by atoms with E-state index in [2.05, 4.69) is 9.97 Å². The summed E-state index contributed by atoms with van der Waals surface area (Å²) >= 11 is 0. The molecule has 6 nitrogen and oxygen atoms in total. The van der Waals surface area contributed by atoms with Crippen LogP contribution in [0.1, 0.15) is 37.8 Å². The first kappa shape index (κ1) is 19.9. The number of benzene rings is 1. The third-order valence-corrected chi connectivity index (χ3v) is 5.17. The highest BCUT2D eigenvalue weighted by molar-refractivity contribution is 5.76. The van der Waals surface area contributed by atoms with Gasteiger partial charge in [0.1, 0.15) is 11.6 Å². The second-order valence-electron chi connectivity index (χ2n) is 7.28. The number of halogens is 1. The van der Waals surface area contributed by atoms with Crippen molar-refractivity contribution in [1.82, 2.24) is 19.9 Å². The molecule has 0 saturated carbocycles. The van der Waals surface area contributed by atoms with Gasteiger partial charge in [0, 0.05) is 55.5 Å². The maximum absolute atomic E-state index is 13.6. The van der Waals surface area contributed by atoms with Crippen molar-refractivity contribution in [3.05, 3.63) is 66.4 Å². The van der Waals surface area contributed by atoms with Crippen LogP contribution in [0.4, 0.5) is 4.39 Å². The van der Waals surface area contributed by atoms with Gasteiger partial charge >= 0.3 is 0 Å². The summed E-state index contributed by atoms with van der Waals surface area (Å²) in [5, 5.41) is 0. The summed E-state index contributed by atoms with van der Waals surface area (Å²) in [5.74, 6) is 1.09. The molecule has 30 heavy (non-hydrogen) atoms. The Hall–Kier alpha value is -3.35. The SMILES string of the molecule is CCC(=O)N1CCC[C@@H](c2cc(Oc3cccc(F)c3)nc(-c3ccncc3)n2)C1. The van der Waals surface area contributed by atoms with Crippen molar-refractivity contribution in [3.63, 3.8) is 0 Å². The van der Waals surface area contributed by atoms with Crippen LogP contribution < -0.4 is 4.74 Å². The van der Waals surface area contributed by atoms with Crippen LogP contribution in [0.15, 0.2) is 54.9 Å². The highest BCUT2D eigenvalue weighted by atomic mass is 19.1. The molecule has 4 rings (SSSR count). The normalized spacial score (nSPS) is 16.3. The van der Waals surface area contributed by atoms with Gasteiger partial charge in [-0.25, -0.2) is 9.37 Å². The van der Waals surface area contributed by atoms with Gasteiger partial charge in [0.2, 0.25) is 11.8 Å². The third kappa shape index (κ3) is 4.62. The molecule has 0 N–H and O–H groups in total. The van der Waals surface area contributed by atoms with Crippen molar-refractivity contribution in [2.75, 3.05) is 13.1 Å². The quantitative estimate of drug-likeness (QED) is 0.620. The van der Waals surface area contributed by atoms with Gasteiger partial charge in [0.25, 0.3) is 0 Å². The molecule has 0 spiro atoms. The van der Waals surface area contributed by atoms with Crippen molar-refractivity contribution in [1.29, 1.82) is 0 Å². The molecule has 0 bridgehead atoms. The lowest BCUT2D eigenvalue weighted by Gasteiger charge is -2.32. The average molecular weight is 406 g/mol. The first-order chi connectivity index (χ1) is 14.6. The number of pyridine rings is 1. The Morgan fingerprint density at radius 2 is 2.03 bits per heavy atom. The molecule has 154 valence electrons. The molecule has 0 aliphatic carbocycles. The minimum Gasteiger partial charge on any atom is -0.439 e. The number of piperidine rings is 1. The number of hydrogen-bond donors (Lipinski definition) is 0. The van der Waals surface area contributed by atoms with Crippen LogP contribution in [0, 0.1) is 5.82 Å². The van der Waals surface area contributed by atoms with E-state index < -0.39 is 0 Å². The summed E-state index contributed by atoms with van der Waals surface area (Å²) < 4.78 is 19.4. The molecular weight excluding hydrogens is 383 g/mol. The van der Waals surface area contributed by atoms with Gasteiger partial charge in [0.05, 0.1) is 5.69 Å². The molecule has 0 unspecified atom stereocenters. The number of likely N-dealkylation sites (tertiary alicyclic amines) is 1. The van der Waals surface area contributed by atoms with Crippen LogP contribution >= 0.6 is 0 Å². The van der Waals surface area contributed by atoms with Crippen LogP contribution in [-0.2, 0) is 4.79 Å². The van der Waals surface area contributed by atoms with Crippen molar-refractivity contribution in [2.45, 2.75) is 32.1 Å². The fraction of sp³-hybridized carbons (Fsp3) is 0.304. The van der Waals surface area contributed by atoms with Crippen molar-refractivity contribution < 1.29 is 13.9 Å². The summed E-state index contributed by atoms with van der Waals surface area (Å²) in [6.07, 6.45) is 5.71. The summed E-state index contributed by atoms with van der Waals surface area (Å²) in [6, 6.07) is 11.4. The second-order valence-corrected chi connectivity index (χ2v) is 7.28. The molecule has 1 aromatic carbocycles. The zero-order chi connectivity index (χ0) is 20.9. The van der Waals surface area contributed by atoms with E-state index >= 15 is 0 Å². The van der Waals surface area contributed by atoms with E-state index in [0.717, 1.165) is 30.6 Å². The molecule has 3 aromatic rings. The van der Waals surface area contributed by atoms with Crippen molar-refractivity contribution in [2.24, 2.45) is 0 Å². The van der Waals surface area contributed by atoms with Crippen LogP contribution in [0.5, 0.6) is 11.6 Å². The fourth-order valence-electron chi connectivity index (χ4n) is 3.65. The highest BCUT2D eigenvalue weighted by Crippen LogP contribution is 2.31. The monoisotopic (exact) mass is 406 g/mol. The Morgan fingerprint density at radius 3 is 2.80 bits per heavy atom. The number of nitrogens with zero attached hydrogens (tertiary/aromatic N) is 4. The number of hydrogen-bond acceptors (Lipinski definition) is 5. The van der Waals surface area contributed by atoms with E-state index in [1.54, 1.807) is 30.6 Å². The predicted octanol–water partition coefficient (Wildman–Crippen LogP) is 4.59. The smallest absolute Gasteiger partial charge is 0.223 e. The van der Waals surface area contributed by atoms with Gasteiger partial charge in [-0.2, -0.15) is 4.98 Å². The molecule has 1 atom stereocenters. The van der Waals surface area contributed by atoms with E-state index in [1.165, 1.54) is 12.1 Å². The lowest BCUT2D eigenvalue weighted by molar-refractivity contribution is -0.132. The van der Waals surface area contributed by atoms with E-state index in [9.17, 15) is 9.18 Å². The number of aromatic nitrogens is 3.